The average molecular weight is 298 g/mol. The normalized spacial score (nSPS) is 12.2. The Morgan fingerprint density at radius 3 is 2.81 bits per heavy atom. The van der Waals surface area contributed by atoms with E-state index in [4.69, 9.17) is 5.73 Å². The Labute approximate surface area is 125 Å². The van der Waals surface area contributed by atoms with E-state index in [1.165, 1.54) is 11.3 Å². The predicted octanol–water partition coefficient (Wildman–Crippen LogP) is 2.76. The molecule has 0 aliphatic rings. The Balaban J connectivity index is 1.86. The summed E-state index contributed by atoms with van der Waals surface area (Å²) < 4.78 is 0.911. The van der Waals surface area contributed by atoms with Gasteiger partial charge in [0.2, 0.25) is 0 Å². The van der Waals surface area contributed by atoms with Crippen molar-refractivity contribution in [2.24, 2.45) is 0 Å². The van der Waals surface area contributed by atoms with Gasteiger partial charge >= 0.3 is 0 Å². The van der Waals surface area contributed by atoms with Crippen LogP contribution in [0.5, 0.6) is 0 Å². The lowest BCUT2D eigenvalue weighted by Gasteiger charge is -2.13. The minimum absolute atomic E-state index is 0.131. The maximum absolute atomic E-state index is 12.4. The number of carbonyl (C=O) groups is 1. The monoisotopic (exact) mass is 298 g/mol. The van der Waals surface area contributed by atoms with Gasteiger partial charge in [0.15, 0.2) is 0 Å². The fourth-order valence-electron chi connectivity index (χ4n) is 2.12. The zero-order chi connectivity index (χ0) is 14.8. The highest BCUT2D eigenvalue weighted by atomic mass is 32.1. The summed E-state index contributed by atoms with van der Waals surface area (Å²) in [5, 5.41) is 3.81. The van der Waals surface area contributed by atoms with Gasteiger partial charge in [0.25, 0.3) is 5.91 Å². The minimum Gasteiger partial charge on any atom is -0.397 e. The number of nitrogens with two attached hydrogens (primary N) is 1. The van der Waals surface area contributed by atoms with Crippen LogP contribution in [0.1, 0.15) is 28.2 Å². The van der Waals surface area contributed by atoms with E-state index >= 15 is 0 Å². The van der Waals surface area contributed by atoms with Crippen LogP contribution in [0.25, 0.3) is 10.1 Å². The highest BCUT2D eigenvalue weighted by Gasteiger charge is 2.18. The van der Waals surface area contributed by atoms with Crippen molar-refractivity contribution in [2.75, 3.05) is 5.73 Å². The van der Waals surface area contributed by atoms with Gasteiger partial charge in [-0.2, -0.15) is 0 Å². The molecule has 0 saturated heterocycles. The van der Waals surface area contributed by atoms with E-state index in [0.29, 0.717) is 10.6 Å². The quantitative estimate of drug-likeness (QED) is 0.779. The molecule has 1 amide bonds. The number of anilines is 1. The zero-order valence-corrected chi connectivity index (χ0v) is 12.2. The molecule has 1 atom stereocenters. The third-order valence-corrected chi connectivity index (χ3v) is 4.42. The summed E-state index contributed by atoms with van der Waals surface area (Å²) in [5.74, 6) is -0.176. The van der Waals surface area contributed by atoms with Crippen molar-refractivity contribution >= 4 is 33.0 Å². The molecule has 0 aliphatic carbocycles. The number of pyridine rings is 2. The van der Waals surface area contributed by atoms with Crippen LogP contribution >= 0.6 is 11.3 Å². The maximum Gasteiger partial charge on any atom is 0.263 e. The van der Waals surface area contributed by atoms with E-state index < -0.39 is 0 Å². The Hall–Kier alpha value is -2.47. The summed E-state index contributed by atoms with van der Waals surface area (Å²) in [7, 11) is 0. The number of hydrogen-bond acceptors (Lipinski definition) is 5. The SMILES string of the molecule is CC(NC(=O)c1sc2cnccc2c1N)c1cccnc1. The summed E-state index contributed by atoms with van der Waals surface area (Å²) in [6, 6.07) is 5.46. The molecule has 0 radical (unpaired) electrons. The van der Waals surface area contributed by atoms with E-state index in [9.17, 15) is 4.79 Å². The van der Waals surface area contributed by atoms with Gasteiger partial charge < -0.3 is 11.1 Å². The molecule has 21 heavy (non-hydrogen) atoms. The van der Waals surface area contributed by atoms with Crippen molar-refractivity contribution in [3.05, 3.63) is 53.4 Å². The van der Waals surface area contributed by atoms with Crippen molar-refractivity contribution in [1.29, 1.82) is 0 Å². The number of carbonyl (C=O) groups excluding carboxylic acids is 1. The van der Waals surface area contributed by atoms with Gasteiger partial charge in [0.1, 0.15) is 4.88 Å². The van der Waals surface area contributed by atoms with Gasteiger partial charge in [-0.05, 0) is 24.6 Å². The third kappa shape index (κ3) is 2.57. The van der Waals surface area contributed by atoms with Crippen LogP contribution in [0.15, 0.2) is 43.0 Å². The zero-order valence-electron chi connectivity index (χ0n) is 11.4. The molecule has 3 N–H and O–H groups in total. The Bertz CT molecular complexity index is 785. The van der Waals surface area contributed by atoms with Crippen LogP contribution in [-0.4, -0.2) is 15.9 Å². The van der Waals surface area contributed by atoms with E-state index in [2.05, 4.69) is 15.3 Å². The first kappa shape index (κ1) is 13.5. The molecule has 0 aliphatic heterocycles. The van der Waals surface area contributed by atoms with Crippen molar-refractivity contribution in [1.82, 2.24) is 15.3 Å². The lowest BCUT2D eigenvalue weighted by Crippen LogP contribution is -2.26. The van der Waals surface area contributed by atoms with E-state index in [1.54, 1.807) is 24.8 Å². The molecule has 6 heteroatoms. The fraction of sp³-hybridized carbons (Fsp3) is 0.133. The van der Waals surface area contributed by atoms with Crippen molar-refractivity contribution in [3.8, 4) is 0 Å². The molecule has 3 aromatic heterocycles. The Morgan fingerprint density at radius 2 is 2.10 bits per heavy atom. The van der Waals surface area contributed by atoms with Crippen LogP contribution < -0.4 is 11.1 Å². The molecule has 0 bridgehead atoms. The first-order chi connectivity index (χ1) is 10.2. The Kier molecular flexibility index (Phi) is 3.53. The minimum atomic E-state index is -0.176. The molecule has 3 aromatic rings. The molecule has 3 heterocycles. The average Bonchev–Trinajstić information content (AvgIpc) is 2.86. The molecule has 5 nitrogen and oxygen atoms in total. The van der Waals surface area contributed by atoms with Crippen LogP contribution in [-0.2, 0) is 0 Å². The lowest BCUT2D eigenvalue weighted by atomic mass is 10.1. The molecule has 1 unspecified atom stereocenters. The van der Waals surface area contributed by atoms with E-state index in [1.807, 2.05) is 25.1 Å². The second-order valence-corrected chi connectivity index (χ2v) is 5.75. The van der Waals surface area contributed by atoms with Crippen LogP contribution in [0, 0.1) is 0 Å². The molecule has 106 valence electrons. The van der Waals surface area contributed by atoms with E-state index in [-0.39, 0.29) is 11.9 Å². The van der Waals surface area contributed by atoms with Gasteiger partial charge in [-0.15, -0.1) is 11.3 Å². The second-order valence-electron chi connectivity index (χ2n) is 4.70. The highest BCUT2D eigenvalue weighted by molar-refractivity contribution is 7.21. The summed E-state index contributed by atoms with van der Waals surface area (Å²) in [5.41, 5.74) is 7.52. The largest absolute Gasteiger partial charge is 0.397 e. The van der Waals surface area contributed by atoms with Gasteiger partial charge in [0, 0.05) is 30.2 Å². The molecule has 0 aromatic carbocycles. The molecule has 0 spiro atoms. The number of aromatic nitrogens is 2. The fourth-order valence-corrected chi connectivity index (χ4v) is 3.11. The van der Waals surface area contributed by atoms with Gasteiger partial charge in [0.05, 0.1) is 16.4 Å². The van der Waals surface area contributed by atoms with Gasteiger partial charge in [-0.25, -0.2) is 0 Å². The van der Waals surface area contributed by atoms with Crippen LogP contribution in [0.2, 0.25) is 0 Å². The molecule has 3 rings (SSSR count). The first-order valence-corrected chi connectivity index (χ1v) is 7.31. The molecular formula is C15H14N4OS. The molecule has 0 saturated carbocycles. The van der Waals surface area contributed by atoms with Crippen molar-refractivity contribution < 1.29 is 4.79 Å². The van der Waals surface area contributed by atoms with Crippen molar-refractivity contribution in [2.45, 2.75) is 13.0 Å². The van der Waals surface area contributed by atoms with Crippen LogP contribution in [0.3, 0.4) is 0 Å². The summed E-state index contributed by atoms with van der Waals surface area (Å²) in [6.07, 6.45) is 6.83. The van der Waals surface area contributed by atoms with Crippen LogP contribution in [0.4, 0.5) is 5.69 Å². The van der Waals surface area contributed by atoms with Gasteiger partial charge in [-0.3, -0.25) is 14.8 Å². The van der Waals surface area contributed by atoms with Gasteiger partial charge in [-0.1, -0.05) is 6.07 Å². The standard InChI is InChI=1S/C15H14N4OS/c1-9(10-3-2-5-17-7-10)19-15(20)14-13(16)11-4-6-18-8-12(11)21-14/h2-9H,16H2,1H3,(H,19,20). The van der Waals surface area contributed by atoms with E-state index in [0.717, 1.165) is 15.6 Å². The number of nitrogen functional groups attached to an aromatic ring is 1. The number of thiophene rings is 1. The van der Waals surface area contributed by atoms with Crippen molar-refractivity contribution in [3.63, 3.8) is 0 Å². The Morgan fingerprint density at radius 1 is 1.29 bits per heavy atom. The summed E-state index contributed by atoms with van der Waals surface area (Å²) in [4.78, 5) is 21.0. The number of fused-ring (bicyclic) bond motifs is 1. The number of rotatable bonds is 3. The predicted molar refractivity (Wildman–Crippen MR) is 84.2 cm³/mol. The lowest BCUT2D eigenvalue weighted by molar-refractivity contribution is 0.0945. The topological polar surface area (TPSA) is 80.9 Å². The molecular weight excluding hydrogens is 284 g/mol. The number of hydrogen-bond donors (Lipinski definition) is 2. The number of nitrogens with one attached hydrogen (secondary N) is 1. The smallest absolute Gasteiger partial charge is 0.263 e. The third-order valence-electron chi connectivity index (χ3n) is 3.27. The summed E-state index contributed by atoms with van der Waals surface area (Å²) >= 11 is 1.35. The maximum atomic E-state index is 12.4. The first-order valence-electron chi connectivity index (χ1n) is 6.49. The summed E-state index contributed by atoms with van der Waals surface area (Å²) in [6.45, 7) is 1.92. The number of amides is 1. The highest BCUT2D eigenvalue weighted by Crippen LogP contribution is 2.33. The number of nitrogens with zero attached hydrogens (tertiary/aromatic N) is 2. The second kappa shape index (κ2) is 5.49. The molecule has 0 fully saturated rings.